The highest BCUT2D eigenvalue weighted by molar-refractivity contribution is 5.75. The number of rotatable bonds is 7. The molecule has 4 rings (SSSR count). The highest BCUT2D eigenvalue weighted by Crippen LogP contribution is 2.29. The van der Waals surface area contributed by atoms with E-state index in [2.05, 4.69) is 43.3 Å². The smallest absolute Gasteiger partial charge is 0.157 e. The number of nitrogen functional groups attached to an aromatic ring is 1. The Hall–Kier alpha value is -2.96. The van der Waals surface area contributed by atoms with Gasteiger partial charge in [-0.2, -0.15) is 0 Å². The van der Waals surface area contributed by atoms with E-state index in [1.807, 2.05) is 12.1 Å². The molecule has 1 saturated heterocycles. The summed E-state index contributed by atoms with van der Waals surface area (Å²) in [5.41, 5.74) is 9.85. The van der Waals surface area contributed by atoms with Crippen molar-refractivity contribution in [2.24, 2.45) is 0 Å². The molecule has 2 heterocycles. The molecule has 7 nitrogen and oxygen atoms in total. The van der Waals surface area contributed by atoms with Crippen LogP contribution in [0.1, 0.15) is 32.1 Å². The van der Waals surface area contributed by atoms with Gasteiger partial charge in [-0.05, 0) is 56.4 Å². The second-order valence-electron chi connectivity index (χ2n) is 7.92. The van der Waals surface area contributed by atoms with Crippen LogP contribution in [0.2, 0.25) is 0 Å². The monoisotopic (exact) mass is 408 g/mol. The Kier molecular flexibility index (Phi) is 6.57. The van der Waals surface area contributed by atoms with Gasteiger partial charge in [0.05, 0.1) is 7.11 Å². The Balaban J connectivity index is 1.34. The zero-order valence-corrected chi connectivity index (χ0v) is 17.8. The predicted molar refractivity (Wildman–Crippen MR) is 124 cm³/mol. The van der Waals surface area contributed by atoms with Crippen LogP contribution in [0, 0.1) is 0 Å². The number of methoxy groups -OCH3 is 1. The molecule has 1 fully saturated rings. The third-order valence-electron chi connectivity index (χ3n) is 6.00. The minimum atomic E-state index is 0.646. The third-order valence-corrected chi connectivity index (χ3v) is 6.00. The number of nitrogens with two attached hydrogens (primary N) is 1. The summed E-state index contributed by atoms with van der Waals surface area (Å²) in [6.07, 6.45) is 10.1. The van der Waals surface area contributed by atoms with E-state index in [1.165, 1.54) is 31.4 Å². The zero-order chi connectivity index (χ0) is 20.8. The van der Waals surface area contributed by atoms with E-state index >= 15 is 0 Å². The van der Waals surface area contributed by atoms with E-state index < -0.39 is 0 Å². The van der Waals surface area contributed by atoms with Gasteiger partial charge in [0.25, 0.3) is 0 Å². The van der Waals surface area contributed by atoms with Gasteiger partial charge in [0.2, 0.25) is 0 Å². The molecule has 0 amide bonds. The lowest BCUT2D eigenvalue weighted by Gasteiger charge is -2.37. The zero-order valence-electron chi connectivity index (χ0n) is 17.8. The summed E-state index contributed by atoms with van der Waals surface area (Å²) in [5, 5.41) is 3.42. The highest BCUT2D eigenvalue weighted by Gasteiger charge is 2.21. The number of allylic oxidation sites excluding steroid dienone is 1. The number of aromatic nitrogens is 2. The fraction of sp³-hybridized carbons (Fsp3) is 0.478. The number of hydrogen-bond acceptors (Lipinski definition) is 7. The van der Waals surface area contributed by atoms with Gasteiger partial charge in [-0.3, -0.25) is 0 Å². The molecule has 0 radical (unpaired) electrons. The van der Waals surface area contributed by atoms with Crippen LogP contribution in [0.4, 0.5) is 23.0 Å². The van der Waals surface area contributed by atoms with E-state index in [-0.39, 0.29) is 0 Å². The third kappa shape index (κ3) is 4.78. The van der Waals surface area contributed by atoms with E-state index in [9.17, 15) is 0 Å². The first-order valence-electron chi connectivity index (χ1n) is 10.9. The number of benzene rings is 1. The van der Waals surface area contributed by atoms with Crippen LogP contribution in [0.15, 0.2) is 42.2 Å². The molecule has 0 bridgehead atoms. The number of hydrogen-bond donors (Lipinski definition) is 2. The second-order valence-corrected chi connectivity index (χ2v) is 7.92. The summed E-state index contributed by atoms with van der Waals surface area (Å²) in [6.45, 7) is 4.45. The quantitative estimate of drug-likeness (QED) is 0.676. The van der Waals surface area contributed by atoms with Gasteiger partial charge >= 0.3 is 0 Å². The van der Waals surface area contributed by atoms with Crippen molar-refractivity contribution in [1.29, 1.82) is 0 Å². The first-order valence-corrected chi connectivity index (χ1v) is 10.9. The van der Waals surface area contributed by atoms with Crippen molar-refractivity contribution in [2.45, 2.75) is 32.1 Å². The Labute approximate surface area is 178 Å². The van der Waals surface area contributed by atoms with Crippen LogP contribution in [-0.4, -0.2) is 49.8 Å². The molecule has 160 valence electrons. The van der Waals surface area contributed by atoms with Crippen molar-refractivity contribution in [1.82, 2.24) is 9.97 Å². The lowest BCUT2D eigenvalue weighted by molar-refractivity contribution is 0.415. The van der Waals surface area contributed by atoms with Crippen LogP contribution in [0.3, 0.4) is 0 Å². The number of ether oxygens (including phenoxy) is 1. The molecule has 0 spiro atoms. The Morgan fingerprint density at radius 3 is 2.50 bits per heavy atom. The molecular weight excluding hydrogens is 376 g/mol. The van der Waals surface area contributed by atoms with Crippen LogP contribution < -0.4 is 25.6 Å². The molecule has 0 atom stereocenters. The fourth-order valence-corrected chi connectivity index (χ4v) is 4.22. The Morgan fingerprint density at radius 2 is 1.80 bits per heavy atom. The lowest BCUT2D eigenvalue weighted by atomic mass is 9.97. The van der Waals surface area contributed by atoms with Crippen LogP contribution in [-0.2, 0) is 0 Å². The summed E-state index contributed by atoms with van der Waals surface area (Å²) in [5.74, 6) is 2.46. The van der Waals surface area contributed by atoms with Crippen LogP contribution in [0.25, 0.3) is 0 Å². The molecule has 2 aliphatic rings. The van der Waals surface area contributed by atoms with Gasteiger partial charge in [-0.1, -0.05) is 11.6 Å². The lowest BCUT2D eigenvalue weighted by Crippen LogP contribution is -2.47. The maximum absolute atomic E-state index is 6.44. The van der Waals surface area contributed by atoms with Gasteiger partial charge in [0.1, 0.15) is 17.8 Å². The summed E-state index contributed by atoms with van der Waals surface area (Å²) >= 11 is 0. The van der Waals surface area contributed by atoms with E-state index in [4.69, 9.17) is 10.5 Å². The molecular formula is C23H32N6O. The minimum absolute atomic E-state index is 0.646. The maximum Gasteiger partial charge on any atom is 0.157 e. The maximum atomic E-state index is 6.44. The molecule has 30 heavy (non-hydrogen) atoms. The first kappa shape index (κ1) is 20.3. The van der Waals surface area contributed by atoms with Crippen molar-refractivity contribution in [3.05, 3.63) is 42.2 Å². The number of anilines is 4. The Morgan fingerprint density at radius 1 is 1.03 bits per heavy atom. The SMILES string of the molecule is COc1ccc(N2CCN(c3ncnc(NCCC4=CCCCC4)c3N)CC2)cc1. The van der Waals surface area contributed by atoms with E-state index in [0.29, 0.717) is 5.69 Å². The van der Waals surface area contributed by atoms with Gasteiger partial charge in [0, 0.05) is 38.4 Å². The Bertz CT molecular complexity index is 858. The summed E-state index contributed by atoms with van der Waals surface area (Å²) in [7, 11) is 1.69. The van der Waals surface area contributed by atoms with Crippen LogP contribution in [0.5, 0.6) is 5.75 Å². The highest BCUT2D eigenvalue weighted by atomic mass is 16.5. The summed E-state index contributed by atoms with van der Waals surface area (Å²) in [4.78, 5) is 13.5. The van der Waals surface area contributed by atoms with Gasteiger partial charge in [-0.25, -0.2) is 9.97 Å². The number of nitrogens with one attached hydrogen (secondary N) is 1. The molecule has 7 heteroatoms. The van der Waals surface area contributed by atoms with Crippen molar-refractivity contribution in [3.63, 3.8) is 0 Å². The van der Waals surface area contributed by atoms with Crippen molar-refractivity contribution in [3.8, 4) is 5.75 Å². The molecule has 1 aromatic heterocycles. The molecule has 2 aromatic rings. The normalized spacial score (nSPS) is 16.9. The van der Waals surface area contributed by atoms with Crippen LogP contribution >= 0.6 is 0 Å². The van der Waals surface area contributed by atoms with E-state index in [0.717, 1.165) is 56.5 Å². The largest absolute Gasteiger partial charge is 0.497 e. The summed E-state index contributed by atoms with van der Waals surface area (Å²) < 4.78 is 5.25. The van der Waals surface area contributed by atoms with Gasteiger partial charge in [-0.15, -0.1) is 0 Å². The van der Waals surface area contributed by atoms with E-state index in [1.54, 1.807) is 19.0 Å². The standard InChI is InChI=1S/C23H32N6O/c1-30-20-9-7-19(8-10-20)28-13-15-29(16-14-28)23-21(24)22(26-17-27-23)25-12-11-18-5-3-2-4-6-18/h5,7-10,17H,2-4,6,11-16,24H2,1H3,(H,25,26,27). The summed E-state index contributed by atoms with van der Waals surface area (Å²) in [6, 6.07) is 8.23. The van der Waals surface area contributed by atoms with Gasteiger partial charge < -0.3 is 25.6 Å². The predicted octanol–water partition coefficient (Wildman–Crippen LogP) is 3.70. The number of piperazine rings is 1. The fourth-order valence-electron chi connectivity index (χ4n) is 4.22. The van der Waals surface area contributed by atoms with Crippen molar-refractivity contribution < 1.29 is 4.74 Å². The first-order chi connectivity index (χ1) is 14.7. The molecule has 1 aliphatic heterocycles. The topological polar surface area (TPSA) is 79.5 Å². The average Bonchev–Trinajstić information content (AvgIpc) is 2.81. The molecule has 0 unspecified atom stereocenters. The molecule has 0 saturated carbocycles. The molecule has 1 aliphatic carbocycles. The molecule has 3 N–H and O–H groups in total. The second kappa shape index (κ2) is 9.69. The molecule has 1 aromatic carbocycles. The van der Waals surface area contributed by atoms with Crippen molar-refractivity contribution in [2.75, 3.05) is 60.7 Å². The average molecular weight is 409 g/mol. The van der Waals surface area contributed by atoms with Crippen molar-refractivity contribution >= 4 is 23.0 Å². The van der Waals surface area contributed by atoms with Gasteiger partial charge in [0.15, 0.2) is 11.6 Å². The minimum Gasteiger partial charge on any atom is -0.497 e. The number of nitrogens with zero attached hydrogens (tertiary/aromatic N) is 4.